The second-order valence-corrected chi connectivity index (χ2v) is 18.0. The van der Waals surface area contributed by atoms with Crippen LogP contribution in [0.2, 0.25) is 0 Å². The number of halogens is 2. The Kier molecular flexibility index (Phi) is 2.48. The van der Waals surface area contributed by atoms with E-state index in [9.17, 15) is 0 Å². The Morgan fingerprint density at radius 3 is 2.80 bits per heavy atom. The number of fused-ring (bicyclic) bond motifs is 1. The molecule has 2 fully saturated rings. The van der Waals surface area contributed by atoms with Crippen LogP contribution in [0.25, 0.3) is 0 Å². The zero-order valence-corrected chi connectivity index (χ0v) is 11.1. The van der Waals surface area contributed by atoms with Crippen molar-refractivity contribution in [3.8, 4) is 0 Å². The molecule has 0 N–H and O–H groups in total. The Balaban J connectivity index is 1.87. The van der Waals surface area contributed by atoms with Crippen molar-refractivity contribution in [1.29, 1.82) is 0 Å². The van der Waals surface area contributed by atoms with Crippen LogP contribution in [-0.4, -0.2) is 19.6 Å². The van der Waals surface area contributed by atoms with E-state index in [1.807, 2.05) is 0 Å². The van der Waals surface area contributed by atoms with Crippen molar-refractivity contribution in [3.63, 3.8) is 0 Å². The van der Waals surface area contributed by atoms with Gasteiger partial charge in [-0.1, -0.05) is 0 Å². The third kappa shape index (κ3) is 1.23. The van der Waals surface area contributed by atoms with Crippen LogP contribution in [0.15, 0.2) is 0 Å². The molecule has 0 bridgehead atoms. The molecule has 0 aliphatic carbocycles. The van der Waals surface area contributed by atoms with Gasteiger partial charge in [-0.15, -0.1) is 0 Å². The van der Waals surface area contributed by atoms with Crippen molar-refractivity contribution >= 4 is 39.6 Å². The summed E-state index contributed by atoms with van der Waals surface area (Å²) < 4.78 is 6.31. The summed E-state index contributed by atoms with van der Waals surface area (Å²) in [5, 5.41) is 0. The molecule has 2 aliphatic heterocycles. The minimum atomic E-state index is -0.247. The summed E-state index contributed by atoms with van der Waals surface area (Å²) in [5.41, 5.74) is 0. The standard InChI is InChI=1S/C8H16I2/c1-3-5-10-7-4-6-9(2)8(7)10/h7-8H,3-6H2,1-2H3. The molecule has 2 rings (SSSR count). The van der Waals surface area contributed by atoms with Gasteiger partial charge in [-0.05, 0) is 0 Å². The molecule has 0 aromatic carbocycles. The monoisotopic (exact) mass is 366 g/mol. The fourth-order valence-electron chi connectivity index (χ4n) is 1.77. The Bertz CT molecular complexity index is 135. The molecule has 2 saturated heterocycles. The number of hydrogen-bond donors (Lipinski definition) is 0. The van der Waals surface area contributed by atoms with Gasteiger partial charge in [0, 0.05) is 0 Å². The summed E-state index contributed by atoms with van der Waals surface area (Å²) in [4.78, 5) is 2.64. The van der Waals surface area contributed by atoms with E-state index >= 15 is 0 Å². The summed E-state index contributed by atoms with van der Waals surface area (Å²) in [6.07, 6.45) is 3.19. The maximum atomic E-state index is 2.64. The van der Waals surface area contributed by atoms with Crippen molar-refractivity contribution in [2.45, 2.75) is 25.6 Å². The normalized spacial score (nSPS) is 43.8. The van der Waals surface area contributed by atoms with E-state index in [2.05, 4.69) is 11.9 Å². The molecule has 2 unspecified atom stereocenters. The minimum absolute atomic E-state index is 0.193. The first-order valence-electron chi connectivity index (χ1n) is 4.02. The topological polar surface area (TPSA) is 0 Å². The average molecular weight is 366 g/mol. The van der Waals surface area contributed by atoms with Gasteiger partial charge in [-0.3, -0.25) is 0 Å². The first-order valence-corrected chi connectivity index (χ1v) is 13.0. The molecule has 10 heavy (non-hydrogen) atoms. The van der Waals surface area contributed by atoms with Gasteiger partial charge < -0.3 is 0 Å². The SMILES string of the molecule is CCCI1C2CCI(C)C21. The summed E-state index contributed by atoms with van der Waals surface area (Å²) in [6, 6.07) is 0. The molecule has 0 radical (unpaired) electrons. The predicted molar refractivity (Wildman–Crippen MR) is 66.2 cm³/mol. The molecule has 0 aromatic heterocycles. The van der Waals surface area contributed by atoms with Gasteiger partial charge in [-0.2, -0.15) is 0 Å². The predicted octanol–water partition coefficient (Wildman–Crippen LogP) is 3.15. The first-order chi connectivity index (χ1) is 4.84. The molecular formula is C8H16I2. The van der Waals surface area contributed by atoms with Crippen molar-refractivity contribution in [2.24, 2.45) is 0 Å². The molecule has 2 heteroatoms. The van der Waals surface area contributed by atoms with Gasteiger partial charge >= 0.3 is 79.0 Å². The Morgan fingerprint density at radius 1 is 1.50 bits per heavy atom. The molecule has 2 aliphatic rings. The van der Waals surface area contributed by atoms with Crippen LogP contribution in [-0.2, 0) is 0 Å². The average Bonchev–Trinajstić information content (AvgIpc) is 2.45. The van der Waals surface area contributed by atoms with Crippen LogP contribution < -0.4 is 0 Å². The van der Waals surface area contributed by atoms with Crippen molar-refractivity contribution in [1.82, 2.24) is 0 Å². The third-order valence-electron chi connectivity index (χ3n) is 2.28. The van der Waals surface area contributed by atoms with Gasteiger partial charge in [0.1, 0.15) is 0 Å². The van der Waals surface area contributed by atoms with E-state index in [0.717, 1.165) is 0 Å². The number of hydrogen-bond acceptors (Lipinski definition) is 0. The van der Waals surface area contributed by atoms with Crippen LogP contribution in [0.4, 0.5) is 0 Å². The van der Waals surface area contributed by atoms with E-state index in [1.165, 1.54) is 12.3 Å². The van der Waals surface area contributed by atoms with Crippen molar-refractivity contribution in [3.05, 3.63) is 0 Å². The summed E-state index contributed by atoms with van der Waals surface area (Å²) in [7, 11) is 0. The van der Waals surface area contributed by atoms with Crippen molar-refractivity contribution in [2.75, 3.05) is 13.8 Å². The molecule has 0 saturated carbocycles. The molecule has 2 heterocycles. The number of alkyl halides is 6. The second-order valence-electron chi connectivity index (χ2n) is 3.09. The fraction of sp³-hybridized carbons (Fsp3) is 1.00. The zero-order valence-electron chi connectivity index (χ0n) is 6.74. The molecule has 0 spiro atoms. The quantitative estimate of drug-likeness (QED) is 0.521. The second kappa shape index (κ2) is 3.07. The van der Waals surface area contributed by atoms with Crippen LogP contribution >= 0.6 is 39.6 Å². The molecule has 0 nitrogen and oxygen atoms in total. The third-order valence-corrected chi connectivity index (χ3v) is 25.6. The molecule has 0 amide bonds. The van der Waals surface area contributed by atoms with Gasteiger partial charge in [0.25, 0.3) is 0 Å². The molecular weight excluding hydrogens is 350 g/mol. The summed E-state index contributed by atoms with van der Waals surface area (Å²) in [6.45, 7) is 2.37. The van der Waals surface area contributed by atoms with Crippen LogP contribution in [0.1, 0.15) is 19.8 Å². The molecule has 62 valence electrons. The molecule has 0 aromatic rings. The van der Waals surface area contributed by atoms with Crippen LogP contribution in [0, 0.1) is 0 Å². The van der Waals surface area contributed by atoms with E-state index in [1.54, 1.807) is 15.3 Å². The summed E-state index contributed by atoms with van der Waals surface area (Å²) >= 11 is -0.439. The zero-order chi connectivity index (χ0) is 7.14. The van der Waals surface area contributed by atoms with Gasteiger partial charge in [0.05, 0.1) is 0 Å². The van der Waals surface area contributed by atoms with E-state index in [-0.39, 0.29) is 39.6 Å². The van der Waals surface area contributed by atoms with Gasteiger partial charge in [-0.25, -0.2) is 0 Å². The van der Waals surface area contributed by atoms with E-state index in [4.69, 9.17) is 0 Å². The van der Waals surface area contributed by atoms with Crippen molar-refractivity contribution < 1.29 is 0 Å². The fourth-order valence-corrected chi connectivity index (χ4v) is 31.5. The van der Waals surface area contributed by atoms with Gasteiger partial charge in [0.15, 0.2) is 0 Å². The van der Waals surface area contributed by atoms with Crippen LogP contribution in [0.3, 0.4) is 0 Å². The van der Waals surface area contributed by atoms with E-state index in [0.29, 0.717) is 0 Å². The van der Waals surface area contributed by atoms with E-state index < -0.39 is 0 Å². The van der Waals surface area contributed by atoms with Crippen LogP contribution in [0.5, 0.6) is 0 Å². The maximum absolute atomic E-state index is 2.64. The van der Waals surface area contributed by atoms with Gasteiger partial charge in [0.2, 0.25) is 0 Å². The first kappa shape index (κ1) is 8.08. The summed E-state index contributed by atoms with van der Waals surface area (Å²) in [5.74, 6) is 0. The molecule has 2 atom stereocenters. The Hall–Kier alpha value is 1.46. The Morgan fingerprint density at radius 2 is 2.30 bits per heavy atom. The Labute approximate surface area is 78.3 Å². The number of rotatable bonds is 2.